The van der Waals surface area contributed by atoms with Gasteiger partial charge in [0.25, 0.3) is 5.70 Å². The molecule has 0 atom stereocenters. The van der Waals surface area contributed by atoms with Crippen LogP contribution in [-0.4, -0.2) is 12.2 Å². The first-order valence-electron chi connectivity index (χ1n) is 6.72. The summed E-state index contributed by atoms with van der Waals surface area (Å²) in [6.07, 6.45) is 6.80. The molecule has 0 saturated heterocycles. The first-order chi connectivity index (χ1) is 11.1. The normalized spacial score (nSPS) is 15.8. The molecule has 0 saturated carbocycles. The number of nitrogens with zero attached hydrogens (tertiary/aromatic N) is 2. The highest BCUT2D eigenvalue weighted by Gasteiger charge is 2.10. The Hall–Kier alpha value is -3.44. The molecule has 0 spiro atoms. The van der Waals surface area contributed by atoms with Crippen molar-refractivity contribution in [3.8, 4) is 17.6 Å². The molecule has 23 heavy (non-hydrogen) atoms. The molecule has 1 aromatic rings. The van der Waals surface area contributed by atoms with Gasteiger partial charge in [-0.1, -0.05) is 12.1 Å². The number of methoxy groups -OCH3 is 1. The Balaban J connectivity index is 2.31. The molecule has 0 aliphatic carbocycles. The number of hydrogen-bond donors (Lipinski definition) is 1. The van der Waals surface area contributed by atoms with Gasteiger partial charge in [-0.3, -0.25) is 0 Å². The van der Waals surface area contributed by atoms with E-state index >= 15 is 0 Å². The van der Waals surface area contributed by atoms with Crippen LogP contribution >= 0.6 is 0 Å². The fourth-order valence-electron chi connectivity index (χ4n) is 2.01. The summed E-state index contributed by atoms with van der Waals surface area (Å²) in [6.45, 7) is 8.77. The van der Waals surface area contributed by atoms with Gasteiger partial charge in [-0.2, -0.15) is 0 Å². The molecule has 1 N–H and O–H groups in total. The van der Waals surface area contributed by atoms with E-state index in [0.717, 1.165) is 5.56 Å². The minimum atomic E-state index is 0.0184. The zero-order valence-electron chi connectivity index (χ0n) is 12.7. The van der Waals surface area contributed by atoms with Crippen molar-refractivity contribution < 1.29 is 14.6 Å². The van der Waals surface area contributed by atoms with Crippen molar-refractivity contribution in [2.24, 2.45) is 0 Å². The zero-order valence-corrected chi connectivity index (χ0v) is 12.7. The van der Waals surface area contributed by atoms with E-state index in [2.05, 4.69) is 4.85 Å². The topological polar surface area (TPSA) is 66.8 Å². The van der Waals surface area contributed by atoms with E-state index in [0.29, 0.717) is 22.8 Å². The van der Waals surface area contributed by atoms with Gasteiger partial charge in [0.15, 0.2) is 11.5 Å². The van der Waals surface area contributed by atoms with Gasteiger partial charge < -0.3 is 14.6 Å². The third kappa shape index (κ3) is 3.81. The smallest absolute Gasteiger partial charge is 0.269 e. The lowest BCUT2D eigenvalue weighted by molar-refractivity contribution is 0.318. The van der Waals surface area contributed by atoms with Crippen LogP contribution in [0.2, 0.25) is 0 Å². The average Bonchev–Trinajstić information content (AvgIpc) is 2.55. The number of phenolic OH excluding ortho intramolecular Hbond substituents is 1. The maximum absolute atomic E-state index is 9.58. The Bertz CT molecular complexity index is 815. The molecule has 1 aliphatic rings. The minimum Gasteiger partial charge on any atom is -0.504 e. The van der Waals surface area contributed by atoms with Crippen LogP contribution in [0.4, 0.5) is 0 Å². The van der Waals surface area contributed by atoms with Gasteiger partial charge in [0.1, 0.15) is 11.5 Å². The summed E-state index contributed by atoms with van der Waals surface area (Å²) in [5.41, 5.74) is 1.35. The molecule has 0 aromatic heterocycles. The maximum atomic E-state index is 9.58. The Morgan fingerprint density at radius 2 is 2.17 bits per heavy atom. The van der Waals surface area contributed by atoms with E-state index in [1.807, 2.05) is 6.07 Å². The van der Waals surface area contributed by atoms with Gasteiger partial charge in [-0.25, -0.2) is 10.1 Å². The fraction of sp³-hybridized carbons (Fsp3) is 0.111. The lowest BCUT2D eigenvalue weighted by Gasteiger charge is -2.13. The number of aromatic hydroxyl groups is 1. The third-order valence-electron chi connectivity index (χ3n) is 3.07. The van der Waals surface area contributed by atoms with Gasteiger partial charge in [0, 0.05) is 0 Å². The number of benzene rings is 1. The molecule has 5 nitrogen and oxygen atoms in total. The van der Waals surface area contributed by atoms with Crippen LogP contribution < -0.4 is 4.74 Å². The van der Waals surface area contributed by atoms with Crippen molar-refractivity contribution >= 4 is 6.08 Å². The molecule has 1 aromatic carbocycles. The molecule has 2 rings (SSSR count). The molecule has 0 unspecified atom stereocenters. The van der Waals surface area contributed by atoms with E-state index in [1.54, 1.807) is 43.4 Å². The Kier molecular flexibility index (Phi) is 4.86. The molecule has 0 bridgehead atoms. The number of ether oxygens (including phenoxy) is 2. The van der Waals surface area contributed by atoms with Crippen LogP contribution in [0.3, 0.4) is 0 Å². The molecule has 0 radical (unpaired) electrons. The molecule has 0 amide bonds. The molecule has 1 aliphatic heterocycles. The zero-order chi connectivity index (χ0) is 16.8. The van der Waals surface area contributed by atoms with Gasteiger partial charge in [-0.15, -0.1) is 0 Å². The first-order valence-corrected chi connectivity index (χ1v) is 6.72. The molecule has 114 valence electrons. The van der Waals surface area contributed by atoms with Crippen LogP contribution in [0, 0.1) is 17.9 Å². The summed E-state index contributed by atoms with van der Waals surface area (Å²) in [7, 11) is 1.48. The van der Waals surface area contributed by atoms with E-state index < -0.39 is 0 Å². The van der Waals surface area contributed by atoms with Crippen LogP contribution in [0.1, 0.15) is 12.5 Å². The summed E-state index contributed by atoms with van der Waals surface area (Å²) in [5, 5.41) is 18.5. The second kappa shape index (κ2) is 7.02. The Morgan fingerprint density at radius 3 is 2.83 bits per heavy atom. The molecule has 5 heteroatoms. The van der Waals surface area contributed by atoms with Crippen molar-refractivity contribution in [3.63, 3.8) is 0 Å². The molecular formula is C18H14N2O3. The molecule has 1 heterocycles. The highest BCUT2D eigenvalue weighted by atomic mass is 16.5. The third-order valence-corrected chi connectivity index (χ3v) is 3.07. The van der Waals surface area contributed by atoms with Crippen LogP contribution in [0.15, 0.2) is 59.2 Å². The van der Waals surface area contributed by atoms with Crippen molar-refractivity contribution in [2.45, 2.75) is 6.92 Å². The number of hydrogen-bond acceptors (Lipinski definition) is 4. The fourth-order valence-corrected chi connectivity index (χ4v) is 2.01. The summed E-state index contributed by atoms with van der Waals surface area (Å²) in [6, 6.07) is 6.83. The standard InChI is InChI=1S/C18H14N2O3/c1-12-8-14(16(11-19)20-2)10-15(23-12)6-4-13-5-7-17(21)18(9-13)22-3/h4-10,21H,1,3H3. The van der Waals surface area contributed by atoms with Crippen LogP contribution in [-0.2, 0) is 4.74 Å². The molecule has 0 fully saturated rings. The van der Waals surface area contributed by atoms with Crippen molar-refractivity contribution in [3.05, 3.63) is 76.2 Å². The van der Waals surface area contributed by atoms with Crippen molar-refractivity contribution in [1.82, 2.24) is 0 Å². The highest BCUT2D eigenvalue weighted by Crippen LogP contribution is 2.28. The Labute approximate surface area is 134 Å². The van der Waals surface area contributed by atoms with Gasteiger partial charge in [0.2, 0.25) is 0 Å². The predicted molar refractivity (Wildman–Crippen MR) is 85.9 cm³/mol. The van der Waals surface area contributed by atoms with E-state index in [1.165, 1.54) is 13.2 Å². The highest BCUT2D eigenvalue weighted by molar-refractivity contribution is 5.59. The van der Waals surface area contributed by atoms with E-state index in [4.69, 9.17) is 21.3 Å². The lowest BCUT2D eigenvalue weighted by Crippen LogP contribution is -1.96. The number of phenols is 1. The predicted octanol–water partition coefficient (Wildman–Crippen LogP) is 3.93. The second-order valence-corrected chi connectivity index (χ2v) is 4.70. The van der Waals surface area contributed by atoms with Gasteiger partial charge in [-0.05, 0) is 48.4 Å². The van der Waals surface area contributed by atoms with Crippen molar-refractivity contribution in [1.29, 1.82) is 5.26 Å². The first kappa shape index (κ1) is 15.9. The second-order valence-electron chi connectivity index (χ2n) is 4.70. The summed E-state index contributed by atoms with van der Waals surface area (Å²) in [5.74, 6) is 1.56. The SMILES string of the molecule is [C-]#[N+]C(C#N)=C1C=C(C)OC(C=Cc2ccc(O)c(OC)c2)=C1. The van der Waals surface area contributed by atoms with Crippen LogP contribution in [0.5, 0.6) is 11.5 Å². The lowest BCUT2D eigenvalue weighted by atomic mass is 10.1. The van der Waals surface area contributed by atoms with Gasteiger partial charge in [0.05, 0.1) is 19.8 Å². The minimum absolute atomic E-state index is 0.0184. The summed E-state index contributed by atoms with van der Waals surface area (Å²) >= 11 is 0. The monoisotopic (exact) mass is 306 g/mol. The Morgan fingerprint density at radius 1 is 1.39 bits per heavy atom. The average molecular weight is 306 g/mol. The summed E-state index contributed by atoms with van der Waals surface area (Å²) < 4.78 is 10.6. The van der Waals surface area contributed by atoms with Crippen molar-refractivity contribution in [2.75, 3.05) is 7.11 Å². The van der Waals surface area contributed by atoms with Crippen LogP contribution in [0.25, 0.3) is 10.9 Å². The van der Waals surface area contributed by atoms with Gasteiger partial charge >= 0.3 is 0 Å². The quantitative estimate of drug-likeness (QED) is 0.678. The number of rotatable bonds is 3. The number of allylic oxidation sites excluding steroid dienone is 6. The largest absolute Gasteiger partial charge is 0.504 e. The maximum Gasteiger partial charge on any atom is 0.269 e. The summed E-state index contributed by atoms with van der Waals surface area (Å²) in [4.78, 5) is 3.21. The van der Waals surface area contributed by atoms with E-state index in [-0.39, 0.29) is 11.4 Å². The number of nitriles is 1. The van der Waals surface area contributed by atoms with E-state index in [9.17, 15) is 5.11 Å². The molecular weight excluding hydrogens is 292 g/mol.